The summed E-state index contributed by atoms with van der Waals surface area (Å²) in [6.45, 7) is 7.58. The van der Waals surface area contributed by atoms with Gasteiger partial charge in [0.15, 0.2) is 5.96 Å². The van der Waals surface area contributed by atoms with Gasteiger partial charge in [-0.15, -0.1) is 0 Å². The number of para-hydroxylation sites is 1. The Kier molecular flexibility index (Phi) is 6.85. The fourth-order valence-corrected chi connectivity index (χ4v) is 3.08. The zero-order valence-electron chi connectivity index (χ0n) is 16.3. The zero-order chi connectivity index (χ0) is 18.9. The quantitative estimate of drug-likeness (QED) is 0.366. The largest absolute Gasteiger partial charge is 0.357 e. The highest BCUT2D eigenvalue weighted by molar-refractivity contribution is 5.80. The molecule has 0 unspecified atom stereocenters. The molecule has 0 spiro atoms. The van der Waals surface area contributed by atoms with Crippen LogP contribution in [0.25, 0.3) is 10.9 Å². The van der Waals surface area contributed by atoms with E-state index in [0.717, 1.165) is 50.7 Å². The van der Waals surface area contributed by atoms with Gasteiger partial charge in [-0.25, -0.2) is 0 Å². The lowest BCUT2D eigenvalue weighted by molar-refractivity contribution is 0.666. The van der Waals surface area contributed by atoms with Gasteiger partial charge < -0.3 is 15.2 Å². The van der Waals surface area contributed by atoms with E-state index >= 15 is 0 Å². The van der Waals surface area contributed by atoms with E-state index in [2.05, 4.69) is 75.8 Å². The van der Waals surface area contributed by atoms with Gasteiger partial charge in [0.2, 0.25) is 0 Å². The van der Waals surface area contributed by atoms with Gasteiger partial charge in [0, 0.05) is 49.8 Å². The average molecular weight is 364 g/mol. The van der Waals surface area contributed by atoms with E-state index in [-0.39, 0.29) is 0 Å². The first kappa shape index (κ1) is 19.0. The molecule has 0 amide bonds. The van der Waals surface area contributed by atoms with Gasteiger partial charge in [-0.2, -0.15) is 0 Å². The number of rotatable bonds is 8. The molecule has 0 aliphatic rings. The van der Waals surface area contributed by atoms with Crippen LogP contribution in [0.5, 0.6) is 0 Å². The standard InChI is InChI=1S/C22H29N5/c1-3-23-22(25-14-11-19-10-9-18(2)26-17-19)24-13-6-15-27-16-12-20-7-4-5-8-21(20)27/h4-5,7-10,12,16-17H,3,6,11,13-15H2,1-2H3,(H2,23,24,25). The van der Waals surface area contributed by atoms with Crippen molar-refractivity contribution >= 4 is 16.9 Å². The molecule has 0 aliphatic heterocycles. The topological polar surface area (TPSA) is 54.2 Å². The maximum atomic E-state index is 4.70. The number of aromatic nitrogens is 2. The molecule has 0 aliphatic carbocycles. The summed E-state index contributed by atoms with van der Waals surface area (Å²) in [7, 11) is 0. The Bertz CT molecular complexity index is 864. The highest BCUT2D eigenvalue weighted by Crippen LogP contribution is 2.15. The number of aliphatic imine (C=N–C) groups is 1. The average Bonchev–Trinajstić information content (AvgIpc) is 3.10. The summed E-state index contributed by atoms with van der Waals surface area (Å²) in [5, 5.41) is 8.02. The number of hydrogen-bond acceptors (Lipinski definition) is 2. The Hall–Kier alpha value is -2.82. The molecule has 0 radical (unpaired) electrons. The van der Waals surface area contributed by atoms with Crippen molar-refractivity contribution in [3.05, 3.63) is 66.1 Å². The summed E-state index contributed by atoms with van der Waals surface area (Å²) in [4.78, 5) is 9.05. The van der Waals surface area contributed by atoms with Crippen LogP contribution in [0.2, 0.25) is 0 Å². The third-order valence-corrected chi connectivity index (χ3v) is 4.53. The van der Waals surface area contributed by atoms with Gasteiger partial charge in [-0.1, -0.05) is 24.3 Å². The third-order valence-electron chi connectivity index (χ3n) is 4.53. The number of nitrogens with one attached hydrogen (secondary N) is 2. The first-order chi connectivity index (χ1) is 13.3. The molecule has 0 saturated carbocycles. The summed E-state index contributed by atoms with van der Waals surface area (Å²) >= 11 is 0. The van der Waals surface area contributed by atoms with Gasteiger partial charge in [-0.3, -0.25) is 9.98 Å². The Morgan fingerprint density at radius 2 is 2.00 bits per heavy atom. The van der Waals surface area contributed by atoms with Crippen molar-refractivity contribution in [2.75, 3.05) is 19.6 Å². The van der Waals surface area contributed by atoms with Crippen molar-refractivity contribution in [1.29, 1.82) is 0 Å². The van der Waals surface area contributed by atoms with Crippen molar-refractivity contribution in [2.45, 2.75) is 33.2 Å². The van der Waals surface area contributed by atoms with E-state index in [4.69, 9.17) is 4.99 Å². The molecule has 0 fully saturated rings. The number of guanidine groups is 1. The van der Waals surface area contributed by atoms with Crippen molar-refractivity contribution in [1.82, 2.24) is 20.2 Å². The van der Waals surface area contributed by atoms with Crippen LogP contribution in [0.1, 0.15) is 24.6 Å². The molecule has 5 nitrogen and oxygen atoms in total. The Labute approximate surface area is 161 Å². The minimum Gasteiger partial charge on any atom is -0.357 e. The van der Waals surface area contributed by atoms with Gasteiger partial charge in [-0.05, 0) is 55.8 Å². The fraction of sp³-hybridized carbons (Fsp3) is 0.364. The predicted octanol–water partition coefficient (Wildman–Crippen LogP) is 3.53. The Balaban J connectivity index is 1.46. The second-order valence-electron chi connectivity index (χ2n) is 6.67. The van der Waals surface area contributed by atoms with Crippen molar-refractivity contribution in [3.8, 4) is 0 Å². The molecule has 2 heterocycles. The van der Waals surface area contributed by atoms with E-state index < -0.39 is 0 Å². The first-order valence-corrected chi connectivity index (χ1v) is 9.74. The molecule has 3 rings (SSSR count). The minimum absolute atomic E-state index is 0.800. The van der Waals surface area contributed by atoms with Gasteiger partial charge in [0.05, 0.1) is 0 Å². The van der Waals surface area contributed by atoms with E-state index in [1.165, 1.54) is 16.5 Å². The Morgan fingerprint density at radius 1 is 1.11 bits per heavy atom. The summed E-state index contributed by atoms with van der Waals surface area (Å²) in [5.41, 5.74) is 3.58. The summed E-state index contributed by atoms with van der Waals surface area (Å²) in [5.74, 6) is 0.884. The number of fused-ring (bicyclic) bond motifs is 1. The molecule has 1 aromatic carbocycles. The highest BCUT2D eigenvalue weighted by atomic mass is 15.2. The molecule has 0 atom stereocenters. The molecule has 3 aromatic rings. The summed E-state index contributed by atoms with van der Waals surface area (Å²) < 4.78 is 2.30. The molecule has 0 bridgehead atoms. The molecule has 2 N–H and O–H groups in total. The van der Waals surface area contributed by atoms with Crippen LogP contribution in [0.3, 0.4) is 0 Å². The van der Waals surface area contributed by atoms with Gasteiger partial charge in [0.25, 0.3) is 0 Å². The van der Waals surface area contributed by atoms with E-state index in [1.807, 2.05) is 13.1 Å². The number of aryl methyl sites for hydroxylation is 2. The van der Waals surface area contributed by atoms with Crippen molar-refractivity contribution in [3.63, 3.8) is 0 Å². The number of hydrogen-bond donors (Lipinski definition) is 2. The first-order valence-electron chi connectivity index (χ1n) is 9.74. The normalized spacial score (nSPS) is 11.7. The number of pyridine rings is 1. The lowest BCUT2D eigenvalue weighted by Crippen LogP contribution is -2.38. The smallest absolute Gasteiger partial charge is 0.191 e. The molecular weight excluding hydrogens is 334 g/mol. The maximum Gasteiger partial charge on any atom is 0.191 e. The Morgan fingerprint density at radius 3 is 2.81 bits per heavy atom. The van der Waals surface area contributed by atoms with Crippen LogP contribution in [-0.2, 0) is 13.0 Å². The molecule has 27 heavy (non-hydrogen) atoms. The van der Waals surface area contributed by atoms with Gasteiger partial charge >= 0.3 is 0 Å². The van der Waals surface area contributed by atoms with Crippen LogP contribution < -0.4 is 10.6 Å². The monoisotopic (exact) mass is 363 g/mol. The fourth-order valence-electron chi connectivity index (χ4n) is 3.08. The molecule has 5 heteroatoms. The van der Waals surface area contributed by atoms with E-state index in [1.54, 1.807) is 0 Å². The molecule has 0 saturated heterocycles. The van der Waals surface area contributed by atoms with Gasteiger partial charge in [0.1, 0.15) is 0 Å². The molecule has 2 aromatic heterocycles. The second kappa shape index (κ2) is 9.76. The predicted molar refractivity (Wildman–Crippen MR) is 113 cm³/mol. The van der Waals surface area contributed by atoms with E-state index in [9.17, 15) is 0 Å². The van der Waals surface area contributed by atoms with Crippen LogP contribution >= 0.6 is 0 Å². The van der Waals surface area contributed by atoms with Crippen LogP contribution in [0, 0.1) is 6.92 Å². The molecule has 142 valence electrons. The lowest BCUT2D eigenvalue weighted by Gasteiger charge is -2.11. The van der Waals surface area contributed by atoms with Crippen LogP contribution in [0.4, 0.5) is 0 Å². The SMILES string of the molecule is CCNC(=NCCCn1ccc2ccccc21)NCCc1ccc(C)nc1. The number of benzene rings is 1. The lowest BCUT2D eigenvalue weighted by atomic mass is 10.2. The third kappa shape index (κ3) is 5.58. The summed E-state index contributed by atoms with van der Waals surface area (Å²) in [6, 6.07) is 14.9. The van der Waals surface area contributed by atoms with Crippen LogP contribution in [0.15, 0.2) is 59.9 Å². The second-order valence-corrected chi connectivity index (χ2v) is 6.67. The maximum absolute atomic E-state index is 4.70. The van der Waals surface area contributed by atoms with Crippen LogP contribution in [-0.4, -0.2) is 35.1 Å². The summed E-state index contributed by atoms with van der Waals surface area (Å²) in [6.07, 6.45) is 6.06. The van der Waals surface area contributed by atoms with E-state index in [0.29, 0.717) is 0 Å². The molecular formula is C22H29N5. The van der Waals surface area contributed by atoms with Crippen molar-refractivity contribution < 1.29 is 0 Å². The number of nitrogens with zero attached hydrogens (tertiary/aromatic N) is 3. The minimum atomic E-state index is 0.800. The highest BCUT2D eigenvalue weighted by Gasteiger charge is 2.01. The van der Waals surface area contributed by atoms with Crippen molar-refractivity contribution in [2.24, 2.45) is 4.99 Å². The zero-order valence-corrected chi connectivity index (χ0v) is 16.3.